The Kier molecular flexibility index (Phi) is 85.4. The number of carbonyl (C=O) groups excluding carboxylic acids is 4. The fraction of sp³-hybridized carbons (Fsp3) is 0.957. The van der Waals surface area contributed by atoms with Crippen molar-refractivity contribution in [1.29, 1.82) is 0 Å². The van der Waals surface area contributed by atoms with Gasteiger partial charge >= 0.3 is 39.5 Å². The highest BCUT2D eigenvalue weighted by atomic mass is 31.2. The van der Waals surface area contributed by atoms with Gasteiger partial charge in [0, 0.05) is 25.7 Å². The number of ether oxygens (including phenoxy) is 4. The maximum absolute atomic E-state index is 13.2. The number of phosphoric ester groups is 2. The van der Waals surface area contributed by atoms with E-state index in [1.807, 2.05) is 0 Å². The Hall–Kier alpha value is -1.94. The van der Waals surface area contributed by atoms with Gasteiger partial charge in [0.1, 0.15) is 19.3 Å². The van der Waals surface area contributed by atoms with Gasteiger partial charge in [-0.25, -0.2) is 9.13 Å². The number of carbonyl (C=O) groups is 4. The second-order valence-electron chi connectivity index (χ2n) is 33.4. The van der Waals surface area contributed by atoms with Crippen molar-refractivity contribution in [2.24, 2.45) is 0 Å². The molecule has 0 rings (SSSR count). The molecule has 17 nitrogen and oxygen atoms in total. The topological polar surface area (TPSA) is 237 Å². The van der Waals surface area contributed by atoms with E-state index in [1.165, 1.54) is 347 Å². The molecule has 0 aromatic carbocycles. The number of aliphatic hydroxyl groups is 1. The van der Waals surface area contributed by atoms with Crippen LogP contribution in [0.4, 0.5) is 0 Å². The molecule has 5 atom stereocenters. The summed E-state index contributed by atoms with van der Waals surface area (Å²) in [6.45, 7) is 5.10. The molecule has 0 heterocycles. The Morgan fingerprint density at radius 1 is 0.214 bits per heavy atom. The number of hydrogen-bond acceptors (Lipinski definition) is 15. The third kappa shape index (κ3) is 85.9. The molecule has 0 aliphatic heterocycles. The SMILES string of the molecule is CCCCCCCCCCCCCCCCCCCCCCCC(=O)OC[C@H](COP(=O)(O)OC[C@@H](O)COP(=O)(O)OC[C@@H](COC(=O)CCCCCCCCCCCCCC)OC(=O)CCCCCCCCCCCCCCCCCCCC)OC(=O)CCCCCCCCCCCCCCCCCCCCCCC. The average Bonchev–Trinajstić information content (AvgIpc) is 0.895. The number of rotatable bonds is 94. The molecule has 19 heteroatoms. The van der Waals surface area contributed by atoms with Crippen LogP contribution in [0.15, 0.2) is 0 Å². The first kappa shape index (κ1) is 110. The van der Waals surface area contributed by atoms with E-state index in [0.717, 1.165) is 89.9 Å². The lowest BCUT2D eigenvalue weighted by Crippen LogP contribution is -2.30. The molecule has 666 valence electrons. The van der Waals surface area contributed by atoms with Gasteiger partial charge in [-0.05, 0) is 25.7 Å². The molecule has 0 spiro atoms. The standard InChI is InChI=1S/C93H182O17P2/c1-5-9-13-17-21-25-29-33-36-39-42-44-46-49-51-54-58-62-66-70-74-78-91(96)104-84-89(110-93(98)80-76-72-68-64-60-56-53-50-47-45-43-40-37-34-30-26-22-18-14-10-6-2)86-108-112(101,102)106-82-87(94)81-105-111(99,100)107-85-88(83-103-90(95)77-73-69-65-61-57-32-28-24-20-16-12-8-4)109-92(97)79-75-71-67-63-59-55-52-48-41-38-35-31-27-23-19-15-11-7-3/h87-89,94H,5-86H2,1-4H3,(H,99,100)(H,101,102)/t87-,88+,89+/m0/s1. The zero-order valence-corrected chi connectivity index (χ0v) is 75.5. The molecule has 0 radical (unpaired) electrons. The summed E-state index contributed by atoms with van der Waals surface area (Å²) in [5.41, 5.74) is 0. The molecule has 0 aliphatic rings. The van der Waals surface area contributed by atoms with Gasteiger partial charge in [0.15, 0.2) is 12.2 Å². The number of unbranched alkanes of at least 4 members (excludes halogenated alkanes) is 68. The zero-order chi connectivity index (χ0) is 81.7. The van der Waals surface area contributed by atoms with Crippen LogP contribution in [0, 0.1) is 0 Å². The molecular formula is C93H182O17P2. The van der Waals surface area contributed by atoms with Crippen molar-refractivity contribution in [3.05, 3.63) is 0 Å². The first-order chi connectivity index (χ1) is 54.7. The van der Waals surface area contributed by atoms with Gasteiger partial charge in [-0.3, -0.25) is 37.3 Å². The van der Waals surface area contributed by atoms with Crippen LogP contribution >= 0.6 is 15.6 Å². The summed E-state index contributed by atoms with van der Waals surface area (Å²) in [5, 5.41) is 10.7. The molecule has 112 heavy (non-hydrogen) atoms. The van der Waals surface area contributed by atoms with Crippen LogP contribution in [0.1, 0.15) is 516 Å². The lowest BCUT2D eigenvalue weighted by molar-refractivity contribution is -0.161. The quantitative estimate of drug-likeness (QED) is 0.0222. The minimum atomic E-state index is -4.97. The van der Waals surface area contributed by atoms with Crippen molar-refractivity contribution in [2.45, 2.75) is 534 Å². The van der Waals surface area contributed by atoms with Crippen molar-refractivity contribution >= 4 is 39.5 Å². The van der Waals surface area contributed by atoms with Crippen LogP contribution in [0.3, 0.4) is 0 Å². The normalized spacial score (nSPS) is 13.6. The van der Waals surface area contributed by atoms with Crippen LogP contribution in [-0.2, 0) is 65.4 Å². The van der Waals surface area contributed by atoms with Gasteiger partial charge in [-0.15, -0.1) is 0 Å². The predicted molar refractivity (Wildman–Crippen MR) is 465 cm³/mol. The van der Waals surface area contributed by atoms with Gasteiger partial charge in [-0.1, -0.05) is 464 Å². The van der Waals surface area contributed by atoms with E-state index >= 15 is 0 Å². The minimum absolute atomic E-state index is 0.110. The average molecular weight is 1630 g/mol. The summed E-state index contributed by atoms with van der Waals surface area (Å²) in [4.78, 5) is 73.5. The van der Waals surface area contributed by atoms with E-state index in [4.69, 9.17) is 37.0 Å². The Balaban J connectivity index is 5.23. The fourth-order valence-corrected chi connectivity index (χ4v) is 16.3. The van der Waals surface area contributed by atoms with Crippen LogP contribution in [0.2, 0.25) is 0 Å². The van der Waals surface area contributed by atoms with Crippen molar-refractivity contribution in [1.82, 2.24) is 0 Å². The summed E-state index contributed by atoms with van der Waals surface area (Å²) in [6, 6.07) is 0. The molecule has 0 bridgehead atoms. The molecule has 0 aromatic rings. The maximum atomic E-state index is 13.2. The van der Waals surface area contributed by atoms with E-state index in [9.17, 15) is 43.2 Å². The van der Waals surface area contributed by atoms with E-state index in [-0.39, 0.29) is 25.7 Å². The van der Waals surface area contributed by atoms with Crippen LogP contribution in [0.25, 0.3) is 0 Å². The summed E-state index contributed by atoms with van der Waals surface area (Å²) in [6.07, 6.45) is 84.9. The third-order valence-corrected chi connectivity index (χ3v) is 24.0. The third-order valence-electron chi connectivity index (χ3n) is 22.1. The van der Waals surface area contributed by atoms with Crippen LogP contribution < -0.4 is 0 Å². The first-order valence-electron chi connectivity index (χ1n) is 48.3. The van der Waals surface area contributed by atoms with Crippen molar-refractivity contribution in [2.75, 3.05) is 39.6 Å². The highest BCUT2D eigenvalue weighted by Gasteiger charge is 2.31. The Morgan fingerprint density at radius 2 is 0.357 bits per heavy atom. The number of aliphatic hydroxyl groups excluding tert-OH is 1. The van der Waals surface area contributed by atoms with Crippen LogP contribution in [0.5, 0.6) is 0 Å². The predicted octanol–water partition coefficient (Wildman–Crippen LogP) is 29.3. The van der Waals surface area contributed by atoms with Crippen molar-refractivity contribution in [3.63, 3.8) is 0 Å². The second kappa shape index (κ2) is 86.9. The molecule has 0 amide bonds. The summed E-state index contributed by atoms with van der Waals surface area (Å²) in [5.74, 6) is -2.09. The largest absolute Gasteiger partial charge is 0.472 e. The van der Waals surface area contributed by atoms with Gasteiger partial charge < -0.3 is 33.8 Å². The van der Waals surface area contributed by atoms with Gasteiger partial charge in [0.2, 0.25) is 0 Å². The Morgan fingerprint density at radius 3 is 0.527 bits per heavy atom. The molecule has 0 aromatic heterocycles. The molecule has 0 fully saturated rings. The highest BCUT2D eigenvalue weighted by molar-refractivity contribution is 7.47. The van der Waals surface area contributed by atoms with Gasteiger partial charge in [-0.2, -0.15) is 0 Å². The number of hydrogen-bond donors (Lipinski definition) is 3. The fourth-order valence-electron chi connectivity index (χ4n) is 14.8. The first-order valence-corrected chi connectivity index (χ1v) is 51.3. The van der Waals surface area contributed by atoms with E-state index in [0.29, 0.717) is 25.7 Å². The van der Waals surface area contributed by atoms with Crippen LogP contribution in [-0.4, -0.2) is 96.7 Å². The van der Waals surface area contributed by atoms with E-state index < -0.39 is 97.5 Å². The monoisotopic (exact) mass is 1630 g/mol. The molecule has 0 saturated heterocycles. The Bertz CT molecular complexity index is 2100. The lowest BCUT2D eigenvalue weighted by Gasteiger charge is -2.21. The lowest BCUT2D eigenvalue weighted by atomic mass is 10.0. The molecule has 3 N–H and O–H groups in total. The summed E-state index contributed by atoms with van der Waals surface area (Å²) < 4.78 is 69.1. The molecule has 2 unspecified atom stereocenters. The highest BCUT2D eigenvalue weighted by Crippen LogP contribution is 2.45. The Labute approximate surface area is 689 Å². The van der Waals surface area contributed by atoms with Crippen molar-refractivity contribution in [3.8, 4) is 0 Å². The van der Waals surface area contributed by atoms with E-state index in [2.05, 4.69) is 27.7 Å². The zero-order valence-electron chi connectivity index (χ0n) is 73.7. The maximum Gasteiger partial charge on any atom is 0.472 e. The van der Waals surface area contributed by atoms with E-state index in [1.54, 1.807) is 0 Å². The summed E-state index contributed by atoms with van der Waals surface area (Å²) >= 11 is 0. The van der Waals surface area contributed by atoms with Crippen molar-refractivity contribution < 1.29 is 80.2 Å². The summed E-state index contributed by atoms with van der Waals surface area (Å²) in [7, 11) is -9.94. The molecule has 0 saturated carbocycles. The number of esters is 4. The molecule has 0 aliphatic carbocycles. The smallest absolute Gasteiger partial charge is 0.462 e. The number of phosphoric acid groups is 2. The second-order valence-corrected chi connectivity index (χ2v) is 36.3. The minimum Gasteiger partial charge on any atom is -0.462 e. The van der Waals surface area contributed by atoms with Gasteiger partial charge in [0.25, 0.3) is 0 Å². The van der Waals surface area contributed by atoms with Gasteiger partial charge in [0.05, 0.1) is 26.4 Å². The molecular weight excluding hydrogens is 1450 g/mol.